The Balaban J connectivity index is 0.00000576. The second-order valence-corrected chi connectivity index (χ2v) is 6.05. The average Bonchev–Trinajstić information content (AvgIpc) is 3.05. The van der Waals surface area contributed by atoms with Crippen LogP contribution in [0.15, 0.2) is 9.52 Å². The number of unbranched alkanes of at least 4 members (excludes halogenated alkanes) is 1. The maximum Gasteiger partial charge on any atom is 0.226 e. The number of ether oxygens (including phenoxy) is 1. The van der Waals surface area contributed by atoms with Crippen molar-refractivity contribution in [1.29, 1.82) is 0 Å². The zero-order chi connectivity index (χ0) is 17.6. The molecule has 0 amide bonds. The Morgan fingerprint density at radius 2 is 1.84 bits per heavy atom. The van der Waals surface area contributed by atoms with Crippen molar-refractivity contribution in [1.82, 2.24) is 20.8 Å². The molecule has 2 N–H and O–H groups in total. The van der Waals surface area contributed by atoms with Gasteiger partial charge in [0, 0.05) is 45.7 Å². The van der Waals surface area contributed by atoms with Gasteiger partial charge in [-0.25, -0.2) is 0 Å². The van der Waals surface area contributed by atoms with Crippen LogP contribution in [0.4, 0.5) is 0 Å². The standard InChI is InChI=1S/C17H33N5O2.HI/c1-5-6-12-23-13-8-11-20-17(18-4)19-10-7-9-15-21-16(14(2)3)22-24-15;/h14H,5-13H2,1-4H3,(H2,18,19,20);1H. The van der Waals surface area contributed by atoms with E-state index >= 15 is 0 Å². The molecular formula is C17H34IN5O2. The fraction of sp³-hybridized carbons (Fsp3) is 0.824. The Morgan fingerprint density at radius 1 is 1.16 bits per heavy atom. The molecule has 0 radical (unpaired) electrons. The minimum atomic E-state index is 0. The van der Waals surface area contributed by atoms with Gasteiger partial charge in [0.25, 0.3) is 0 Å². The lowest BCUT2D eigenvalue weighted by Gasteiger charge is -2.11. The second kappa shape index (κ2) is 15.4. The van der Waals surface area contributed by atoms with E-state index in [1.54, 1.807) is 7.05 Å². The summed E-state index contributed by atoms with van der Waals surface area (Å²) in [6, 6.07) is 0. The molecular weight excluding hydrogens is 433 g/mol. The minimum Gasteiger partial charge on any atom is -0.381 e. The fourth-order valence-corrected chi connectivity index (χ4v) is 2.00. The molecule has 0 aromatic carbocycles. The van der Waals surface area contributed by atoms with Crippen LogP contribution in [-0.4, -0.2) is 49.5 Å². The molecule has 0 aliphatic carbocycles. The summed E-state index contributed by atoms with van der Waals surface area (Å²) in [6.45, 7) is 9.60. The molecule has 0 spiro atoms. The molecule has 0 aliphatic heterocycles. The lowest BCUT2D eigenvalue weighted by atomic mass is 10.2. The van der Waals surface area contributed by atoms with Crippen LogP contribution in [0.5, 0.6) is 0 Å². The van der Waals surface area contributed by atoms with Gasteiger partial charge >= 0.3 is 0 Å². The van der Waals surface area contributed by atoms with Crippen molar-refractivity contribution in [2.75, 3.05) is 33.4 Å². The maximum atomic E-state index is 5.53. The molecule has 1 aromatic rings. The molecule has 0 atom stereocenters. The number of aryl methyl sites for hydroxylation is 1. The maximum absolute atomic E-state index is 5.53. The summed E-state index contributed by atoms with van der Waals surface area (Å²) >= 11 is 0. The van der Waals surface area contributed by atoms with Gasteiger partial charge in [-0.15, -0.1) is 24.0 Å². The van der Waals surface area contributed by atoms with Gasteiger partial charge < -0.3 is 19.9 Å². The van der Waals surface area contributed by atoms with Gasteiger partial charge in [0.15, 0.2) is 11.8 Å². The number of guanidine groups is 1. The second-order valence-electron chi connectivity index (χ2n) is 6.05. The van der Waals surface area contributed by atoms with Crippen LogP contribution in [-0.2, 0) is 11.2 Å². The summed E-state index contributed by atoms with van der Waals surface area (Å²) in [7, 11) is 1.78. The van der Waals surface area contributed by atoms with Crippen LogP contribution in [0.1, 0.15) is 64.1 Å². The first-order valence-electron chi connectivity index (χ1n) is 9.02. The molecule has 0 unspecified atom stereocenters. The van der Waals surface area contributed by atoms with Crippen molar-refractivity contribution in [3.63, 3.8) is 0 Å². The van der Waals surface area contributed by atoms with Gasteiger partial charge in [0.1, 0.15) is 0 Å². The third kappa shape index (κ3) is 11.4. The summed E-state index contributed by atoms with van der Waals surface area (Å²) in [6.07, 6.45) is 4.98. The van der Waals surface area contributed by atoms with Crippen LogP contribution in [0.3, 0.4) is 0 Å². The molecule has 1 aromatic heterocycles. The van der Waals surface area contributed by atoms with Gasteiger partial charge in [-0.2, -0.15) is 4.98 Å². The monoisotopic (exact) mass is 467 g/mol. The third-order valence-electron chi connectivity index (χ3n) is 3.48. The smallest absolute Gasteiger partial charge is 0.226 e. The Morgan fingerprint density at radius 3 is 2.44 bits per heavy atom. The molecule has 146 valence electrons. The SMILES string of the molecule is CCCCOCCCNC(=NC)NCCCc1nc(C(C)C)no1.I. The summed E-state index contributed by atoms with van der Waals surface area (Å²) in [4.78, 5) is 8.58. The van der Waals surface area contributed by atoms with Crippen LogP contribution in [0, 0.1) is 0 Å². The van der Waals surface area contributed by atoms with Crippen molar-refractivity contribution in [3.05, 3.63) is 11.7 Å². The molecule has 7 nitrogen and oxygen atoms in total. The molecule has 0 saturated heterocycles. The van der Waals surface area contributed by atoms with Gasteiger partial charge in [-0.3, -0.25) is 4.99 Å². The summed E-state index contributed by atoms with van der Waals surface area (Å²) in [5.74, 6) is 2.59. The van der Waals surface area contributed by atoms with E-state index in [2.05, 4.69) is 46.5 Å². The summed E-state index contributed by atoms with van der Waals surface area (Å²) in [5, 5.41) is 10.5. The predicted molar refractivity (Wildman–Crippen MR) is 112 cm³/mol. The van der Waals surface area contributed by atoms with Crippen molar-refractivity contribution in [2.24, 2.45) is 4.99 Å². The summed E-state index contributed by atoms with van der Waals surface area (Å²) in [5.41, 5.74) is 0. The predicted octanol–water partition coefficient (Wildman–Crippen LogP) is 3.12. The normalized spacial score (nSPS) is 11.5. The van der Waals surface area contributed by atoms with E-state index in [4.69, 9.17) is 9.26 Å². The largest absolute Gasteiger partial charge is 0.381 e. The number of hydrogen-bond acceptors (Lipinski definition) is 5. The Kier molecular flexibility index (Phi) is 14.8. The highest BCUT2D eigenvalue weighted by Gasteiger charge is 2.09. The first kappa shape index (κ1) is 24.1. The van der Waals surface area contributed by atoms with E-state index in [1.165, 1.54) is 6.42 Å². The van der Waals surface area contributed by atoms with Crippen LogP contribution in [0.25, 0.3) is 0 Å². The third-order valence-corrected chi connectivity index (χ3v) is 3.48. The average molecular weight is 467 g/mol. The molecule has 1 heterocycles. The van der Waals surface area contributed by atoms with Crippen molar-refractivity contribution in [3.8, 4) is 0 Å². The summed E-state index contributed by atoms with van der Waals surface area (Å²) < 4.78 is 10.8. The van der Waals surface area contributed by atoms with E-state index in [0.717, 1.165) is 63.8 Å². The molecule has 25 heavy (non-hydrogen) atoms. The van der Waals surface area contributed by atoms with Gasteiger partial charge in [0.2, 0.25) is 5.89 Å². The fourth-order valence-electron chi connectivity index (χ4n) is 2.00. The number of halogens is 1. The van der Waals surface area contributed by atoms with Crippen LogP contribution >= 0.6 is 24.0 Å². The number of rotatable bonds is 12. The highest BCUT2D eigenvalue weighted by molar-refractivity contribution is 14.0. The lowest BCUT2D eigenvalue weighted by Crippen LogP contribution is -2.38. The minimum absolute atomic E-state index is 0. The Hall–Kier alpha value is -0.900. The zero-order valence-corrected chi connectivity index (χ0v) is 18.3. The number of hydrogen-bond donors (Lipinski definition) is 2. The van der Waals surface area contributed by atoms with Crippen LogP contribution in [0.2, 0.25) is 0 Å². The van der Waals surface area contributed by atoms with Crippen LogP contribution < -0.4 is 10.6 Å². The number of nitrogens with zero attached hydrogens (tertiary/aromatic N) is 3. The molecule has 0 aliphatic rings. The molecule has 1 rings (SSSR count). The van der Waals surface area contributed by atoms with E-state index in [9.17, 15) is 0 Å². The quantitative estimate of drug-likeness (QED) is 0.213. The van der Waals surface area contributed by atoms with Crippen molar-refractivity contribution in [2.45, 2.75) is 58.8 Å². The van der Waals surface area contributed by atoms with E-state index in [0.29, 0.717) is 11.8 Å². The number of aliphatic imine (C=N–C) groups is 1. The van der Waals surface area contributed by atoms with Gasteiger partial charge in [-0.05, 0) is 19.3 Å². The van der Waals surface area contributed by atoms with E-state index in [-0.39, 0.29) is 24.0 Å². The van der Waals surface area contributed by atoms with Crippen molar-refractivity contribution < 1.29 is 9.26 Å². The molecule has 0 bridgehead atoms. The van der Waals surface area contributed by atoms with Gasteiger partial charge in [-0.1, -0.05) is 32.3 Å². The molecule has 0 saturated carbocycles. The zero-order valence-electron chi connectivity index (χ0n) is 16.0. The van der Waals surface area contributed by atoms with Crippen molar-refractivity contribution >= 4 is 29.9 Å². The first-order valence-corrected chi connectivity index (χ1v) is 9.02. The molecule has 0 fully saturated rings. The van der Waals surface area contributed by atoms with E-state index < -0.39 is 0 Å². The Bertz CT molecular complexity index is 466. The molecule has 8 heteroatoms. The number of aromatic nitrogens is 2. The highest BCUT2D eigenvalue weighted by Crippen LogP contribution is 2.10. The van der Waals surface area contributed by atoms with E-state index in [1.807, 2.05) is 0 Å². The Labute approximate surface area is 168 Å². The van der Waals surface area contributed by atoms with Gasteiger partial charge in [0.05, 0.1) is 0 Å². The highest BCUT2D eigenvalue weighted by atomic mass is 127. The number of nitrogens with one attached hydrogen (secondary N) is 2. The lowest BCUT2D eigenvalue weighted by molar-refractivity contribution is 0.129. The topological polar surface area (TPSA) is 84.6 Å². The first-order chi connectivity index (χ1) is 11.7.